The molecule has 2 aromatic carbocycles. The first kappa shape index (κ1) is 37.2. The minimum absolute atomic E-state index is 0. The van der Waals surface area contributed by atoms with Crippen molar-refractivity contribution >= 4 is 22.8 Å². The molecule has 0 amide bonds. The van der Waals surface area contributed by atoms with Crippen LogP contribution < -0.4 is 0 Å². The molecule has 0 atom stereocenters. The quantitative estimate of drug-likeness (QED) is 0.0584. The number of benzene rings is 2. The van der Waals surface area contributed by atoms with E-state index in [0.717, 1.165) is 48.5 Å². The summed E-state index contributed by atoms with van der Waals surface area (Å²) in [7, 11) is 0. The molecule has 0 spiro atoms. The summed E-state index contributed by atoms with van der Waals surface area (Å²) >= 11 is 0. The van der Waals surface area contributed by atoms with E-state index in [1.54, 1.807) is 0 Å². The van der Waals surface area contributed by atoms with Crippen LogP contribution in [-0.4, -0.2) is 11.4 Å². The third-order valence-corrected chi connectivity index (χ3v) is 7.44. The third kappa shape index (κ3) is 15.4. The van der Waals surface area contributed by atoms with Crippen LogP contribution >= 0.6 is 0 Å². The van der Waals surface area contributed by atoms with Crippen molar-refractivity contribution in [3.8, 4) is 24.7 Å². The largest absolute Gasteiger partial charge is 0.251 e. The van der Waals surface area contributed by atoms with Crippen molar-refractivity contribution in [2.24, 2.45) is 9.98 Å². The zero-order chi connectivity index (χ0) is 29.4. The molecule has 0 N–H and O–H groups in total. The maximum atomic E-state index is 5.57. The molecular weight excluding hydrogens is 555 g/mol. The Morgan fingerprint density at radius 3 is 1.64 bits per heavy atom. The summed E-state index contributed by atoms with van der Waals surface area (Å²) in [6.45, 7) is 4.44. The minimum Gasteiger partial charge on any atom is -0.251 e. The number of aryl methyl sites for hydroxylation is 2. The number of para-hydroxylation sites is 2. The Morgan fingerprint density at radius 1 is 0.667 bits per heavy atom. The van der Waals surface area contributed by atoms with E-state index in [1.807, 2.05) is 12.1 Å². The number of nitrogens with zero attached hydrogens (tertiary/aromatic N) is 2. The van der Waals surface area contributed by atoms with E-state index >= 15 is 0 Å². The summed E-state index contributed by atoms with van der Waals surface area (Å²) in [5, 5.41) is 0. The van der Waals surface area contributed by atoms with Gasteiger partial charge in [-0.15, -0.1) is 24.7 Å². The second-order valence-corrected chi connectivity index (χ2v) is 10.8. The van der Waals surface area contributed by atoms with Gasteiger partial charge in [-0.3, -0.25) is 4.99 Å². The van der Waals surface area contributed by atoms with Crippen LogP contribution in [0, 0.1) is 24.7 Å². The molecule has 0 aliphatic heterocycles. The van der Waals surface area contributed by atoms with E-state index in [9.17, 15) is 0 Å². The molecular formula is C39H52N2Ni. The number of terminal acetylenes is 2. The predicted octanol–water partition coefficient (Wildman–Crippen LogP) is 11.3. The third-order valence-electron chi connectivity index (χ3n) is 7.44. The van der Waals surface area contributed by atoms with Crippen molar-refractivity contribution < 1.29 is 16.5 Å². The van der Waals surface area contributed by atoms with Crippen LogP contribution in [0.4, 0.5) is 11.4 Å². The fraction of sp³-hybridized carbons (Fsp3) is 0.487. The molecule has 0 saturated heterocycles. The van der Waals surface area contributed by atoms with Crippen LogP contribution in [0.15, 0.2) is 70.7 Å². The monoisotopic (exact) mass is 606 g/mol. The number of hydrogen-bond acceptors (Lipinski definition) is 2. The smallest absolute Gasteiger partial charge is 0.0848 e. The van der Waals surface area contributed by atoms with E-state index in [1.165, 1.54) is 81.8 Å². The SMILES string of the molecule is C#CCCc1ccccc1N=C(/C=C/CCCCCCCCCCCCC)C(CC)=Nc1ccccc1CCC#C.[Ni]. The molecule has 0 fully saturated rings. The average molecular weight is 608 g/mol. The molecule has 228 valence electrons. The Kier molecular flexibility index (Phi) is 21.9. The van der Waals surface area contributed by atoms with Gasteiger partial charge in [-0.05, 0) is 61.4 Å². The number of allylic oxidation sites excluding steroid dienone is 2. The molecule has 0 aromatic heterocycles. The van der Waals surface area contributed by atoms with Crippen LogP contribution in [0.2, 0.25) is 0 Å². The Bertz CT molecular complexity index is 1180. The van der Waals surface area contributed by atoms with E-state index in [-0.39, 0.29) is 16.5 Å². The van der Waals surface area contributed by atoms with Crippen molar-refractivity contribution in [3.63, 3.8) is 0 Å². The zero-order valence-corrected chi connectivity index (χ0v) is 27.1. The summed E-state index contributed by atoms with van der Waals surface area (Å²) in [4.78, 5) is 10.3. The van der Waals surface area contributed by atoms with E-state index < -0.39 is 0 Å². The zero-order valence-electron chi connectivity index (χ0n) is 26.2. The van der Waals surface area contributed by atoms with Gasteiger partial charge in [-0.2, -0.15) is 0 Å². The van der Waals surface area contributed by atoms with Gasteiger partial charge >= 0.3 is 0 Å². The maximum absolute atomic E-state index is 5.57. The standard InChI is InChI=1S/C39H52N2.Ni/c1-5-9-12-13-14-15-16-17-18-19-20-21-22-33-39(41-38-32-26-24-30-35(38)28-11-7-3)36(8-4)40-37-31-25-23-29-34(37)27-10-6-2;/h2-3,22-26,29-33H,5,8-21,27-28H2,1,4H3;/b33-22+,40-36?,41-39?;. The van der Waals surface area contributed by atoms with Gasteiger partial charge in [0.25, 0.3) is 0 Å². The summed E-state index contributed by atoms with van der Waals surface area (Å²) in [6.07, 6.45) is 35.4. The van der Waals surface area contributed by atoms with Crippen molar-refractivity contribution in [3.05, 3.63) is 71.8 Å². The molecule has 2 nitrogen and oxygen atoms in total. The maximum Gasteiger partial charge on any atom is 0.0848 e. The number of unbranched alkanes of at least 4 members (excludes halogenated alkanes) is 11. The molecule has 0 heterocycles. The summed E-state index contributed by atoms with van der Waals surface area (Å²) in [5.74, 6) is 5.53. The van der Waals surface area contributed by atoms with Gasteiger partial charge in [0.2, 0.25) is 0 Å². The molecule has 0 aliphatic rings. The van der Waals surface area contributed by atoms with Gasteiger partial charge in [0, 0.05) is 29.3 Å². The van der Waals surface area contributed by atoms with Crippen molar-refractivity contribution in [2.45, 2.75) is 123 Å². The first-order valence-electron chi connectivity index (χ1n) is 16.1. The Labute approximate surface area is 267 Å². The second-order valence-electron chi connectivity index (χ2n) is 10.8. The molecule has 0 aliphatic carbocycles. The van der Waals surface area contributed by atoms with Gasteiger partial charge in [-0.25, -0.2) is 4.99 Å². The van der Waals surface area contributed by atoms with Gasteiger partial charge in [0.05, 0.1) is 22.8 Å². The Balaban J connectivity index is 0.00000882. The van der Waals surface area contributed by atoms with E-state index in [2.05, 4.69) is 74.2 Å². The molecule has 0 saturated carbocycles. The fourth-order valence-electron chi connectivity index (χ4n) is 4.99. The molecule has 2 aromatic rings. The van der Waals surface area contributed by atoms with Crippen LogP contribution in [0.1, 0.15) is 121 Å². The number of hydrogen-bond donors (Lipinski definition) is 0. The van der Waals surface area contributed by atoms with Crippen LogP contribution in [0.5, 0.6) is 0 Å². The number of aliphatic imine (C=N–C) groups is 2. The van der Waals surface area contributed by atoms with Crippen molar-refractivity contribution in [1.82, 2.24) is 0 Å². The molecule has 42 heavy (non-hydrogen) atoms. The summed E-state index contributed by atoms with van der Waals surface area (Å²) < 4.78 is 0. The van der Waals surface area contributed by atoms with Gasteiger partial charge < -0.3 is 0 Å². The van der Waals surface area contributed by atoms with Crippen molar-refractivity contribution in [1.29, 1.82) is 0 Å². The van der Waals surface area contributed by atoms with E-state index in [0.29, 0.717) is 12.8 Å². The summed E-state index contributed by atoms with van der Waals surface area (Å²) in [5.41, 5.74) is 6.21. The average Bonchev–Trinajstić information content (AvgIpc) is 3.00. The first-order valence-corrected chi connectivity index (χ1v) is 16.1. The Morgan fingerprint density at radius 2 is 1.14 bits per heavy atom. The van der Waals surface area contributed by atoms with Crippen molar-refractivity contribution in [2.75, 3.05) is 0 Å². The van der Waals surface area contributed by atoms with Crippen LogP contribution in [0.25, 0.3) is 0 Å². The molecule has 3 heteroatoms. The van der Waals surface area contributed by atoms with Crippen LogP contribution in [0.3, 0.4) is 0 Å². The normalized spacial score (nSPS) is 11.7. The van der Waals surface area contributed by atoms with Gasteiger partial charge in [0.15, 0.2) is 0 Å². The van der Waals surface area contributed by atoms with E-state index in [4.69, 9.17) is 22.8 Å². The topological polar surface area (TPSA) is 24.7 Å². The molecule has 2 rings (SSSR count). The fourth-order valence-corrected chi connectivity index (χ4v) is 4.99. The first-order chi connectivity index (χ1) is 20.2. The second kappa shape index (κ2) is 24.7. The predicted molar refractivity (Wildman–Crippen MR) is 182 cm³/mol. The molecule has 0 radical (unpaired) electrons. The van der Waals surface area contributed by atoms with Gasteiger partial charge in [-0.1, -0.05) is 121 Å². The Hall–Kier alpha value is -2.87. The molecule has 0 unspecified atom stereocenters. The minimum atomic E-state index is 0. The number of rotatable bonds is 21. The molecule has 0 bridgehead atoms. The van der Waals surface area contributed by atoms with Gasteiger partial charge in [0.1, 0.15) is 0 Å². The van der Waals surface area contributed by atoms with Crippen LogP contribution in [-0.2, 0) is 29.3 Å². The summed E-state index contributed by atoms with van der Waals surface area (Å²) in [6, 6.07) is 16.6.